The van der Waals surface area contributed by atoms with Gasteiger partial charge >= 0.3 is 0 Å². The lowest BCUT2D eigenvalue weighted by Crippen LogP contribution is -2.49. The van der Waals surface area contributed by atoms with Gasteiger partial charge in [0, 0.05) is 48.5 Å². The molecular weight excluding hydrogens is 278 g/mol. The van der Waals surface area contributed by atoms with Crippen LogP contribution in [0.3, 0.4) is 0 Å². The van der Waals surface area contributed by atoms with Gasteiger partial charge < -0.3 is 10.6 Å². The molecule has 0 aromatic heterocycles. The Morgan fingerprint density at radius 3 is 2.42 bits per heavy atom. The van der Waals surface area contributed by atoms with Gasteiger partial charge in [-0.25, -0.2) is 0 Å². The summed E-state index contributed by atoms with van der Waals surface area (Å²) in [5, 5.41) is 0.673. The highest BCUT2D eigenvalue weighted by Gasteiger charge is 2.21. The lowest BCUT2D eigenvalue weighted by Gasteiger charge is -2.38. The molecule has 0 saturated carbocycles. The molecule has 0 unspecified atom stereocenters. The molecule has 104 valence electrons. The Balaban J connectivity index is 2.17. The fourth-order valence-electron chi connectivity index (χ4n) is 2.46. The summed E-state index contributed by atoms with van der Waals surface area (Å²) in [6.07, 6.45) is 0. The Hall–Kier alpha value is -0.840. The molecule has 0 spiro atoms. The van der Waals surface area contributed by atoms with Crippen LogP contribution >= 0.6 is 23.8 Å². The monoisotopic (exact) mass is 297 g/mol. The number of thiocarbonyl (C=S) groups is 1. The maximum absolute atomic E-state index is 6.02. The van der Waals surface area contributed by atoms with Crippen LogP contribution in [0.1, 0.15) is 19.4 Å². The lowest BCUT2D eigenvalue weighted by atomic mass is 10.1. The number of nitrogens with two attached hydrogens (primary N) is 1. The van der Waals surface area contributed by atoms with Crippen molar-refractivity contribution in [2.24, 2.45) is 5.73 Å². The van der Waals surface area contributed by atoms with E-state index in [0.717, 1.165) is 37.4 Å². The lowest BCUT2D eigenvalue weighted by molar-refractivity contribution is 0.209. The molecule has 1 saturated heterocycles. The molecular formula is C14H20ClN3S. The minimum atomic E-state index is 0.406. The Labute approximate surface area is 125 Å². The third-order valence-corrected chi connectivity index (χ3v) is 4.06. The normalized spacial score (nSPS) is 16.9. The van der Waals surface area contributed by atoms with Crippen molar-refractivity contribution in [3.8, 4) is 0 Å². The molecule has 0 amide bonds. The second-order valence-corrected chi connectivity index (χ2v) is 6.02. The maximum atomic E-state index is 6.02. The summed E-state index contributed by atoms with van der Waals surface area (Å²) in [6.45, 7) is 8.59. The zero-order valence-corrected chi connectivity index (χ0v) is 13.0. The van der Waals surface area contributed by atoms with Gasteiger partial charge in [-0.1, -0.05) is 23.8 Å². The first kappa shape index (κ1) is 14.6. The van der Waals surface area contributed by atoms with Crippen LogP contribution in [-0.2, 0) is 0 Å². The largest absolute Gasteiger partial charge is 0.389 e. The molecule has 19 heavy (non-hydrogen) atoms. The maximum Gasteiger partial charge on any atom is 0.106 e. The molecule has 1 fully saturated rings. The van der Waals surface area contributed by atoms with E-state index in [2.05, 4.69) is 23.6 Å². The number of hydrogen-bond donors (Lipinski definition) is 1. The molecule has 1 aromatic rings. The molecule has 1 aliphatic rings. The third kappa shape index (κ3) is 3.38. The van der Waals surface area contributed by atoms with Crippen LogP contribution in [0.2, 0.25) is 5.02 Å². The van der Waals surface area contributed by atoms with E-state index >= 15 is 0 Å². The summed E-state index contributed by atoms with van der Waals surface area (Å²) in [6, 6.07) is 6.37. The van der Waals surface area contributed by atoms with Gasteiger partial charge in [0.05, 0.1) is 0 Å². The smallest absolute Gasteiger partial charge is 0.106 e. The molecule has 5 heteroatoms. The molecule has 0 bridgehead atoms. The highest BCUT2D eigenvalue weighted by Crippen LogP contribution is 2.25. The number of piperazine rings is 1. The van der Waals surface area contributed by atoms with Gasteiger partial charge in [0.2, 0.25) is 0 Å². The van der Waals surface area contributed by atoms with Crippen LogP contribution in [0.5, 0.6) is 0 Å². The van der Waals surface area contributed by atoms with Crippen molar-refractivity contribution in [3.05, 3.63) is 28.8 Å². The number of rotatable bonds is 3. The molecule has 0 radical (unpaired) electrons. The minimum Gasteiger partial charge on any atom is -0.389 e. The first-order chi connectivity index (χ1) is 8.99. The highest BCUT2D eigenvalue weighted by atomic mass is 35.5. The number of nitrogens with zero attached hydrogens (tertiary/aromatic N) is 2. The van der Waals surface area contributed by atoms with Crippen LogP contribution in [0.15, 0.2) is 18.2 Å². The third-order valence-electron chi connectivity index (χ3n) is 3.61. The van der Waals surface area contributed by atoms with Crippen LogP contribution in [0.25, 0.3) is 0 Å². The predicted molar refractivity (Wildman–Crippen MR) is 86.3 cm³/mol. The van der Waals surface area contributed by atoms with E-state index in [1.807, 2.05) is 18.2 Å². The van der Waals surface area contributed by atoms with Gasteiger partial charge in [-0.05, 0) is 32.0 Å². The summed E-state index contributed by atoms with van der Waals surface area (Å²) in [5.74, 6) is 0. The van der Waals surface area contributed by atoms with Crippen molar-refractivity contribution in [3.63, 3.8) is 0 Å². The minimum absolute atomic E-state index is 0.406. The zero-order chi connectivity index (χ0) is 14.0. The molecule has 1 aromatic carbocycles. The SMILES string of the molecule is CC(C)N1CCN(c2ccc(Cl)cc2C(N)=S)CC1. The van der Waals surface area contributed by atoms with Crippen molar-refractivity contribution in [2.45, 2.75) is 19.9 Å². The fourth-order valence-corrected chi connectivity index (χ4v) is 2.80. The molecule has 2 N–H and O–H groups in total. The summed E-state index contributed by atoms with van der Waals surface area (Å²) in [7, 11) is 0. The fraction of sp³-hybridized carbons (Fsp3) is 0.500. The summed E-state index contributed by atoms with van der Waals surface area (Å²) < 4.78 is 0. The van der Waals surface area contributed by atoms with E-state index in [-0.39, 0.29) is 0 Å². The van der Waals surface area contributed by atoms with Crippen molar-refractivity contribution >= 4 is 34.5 Å². The van der Waals surface area contributed by atoms with E-state index in [0.29, 0.717) is 16.1 Å². The zero-order valence-electron chi connectivity index (χ0n) is 11.4. The van der Waals surface area contributed by atoms with E-state index in [9.17, 15) is 0 Å². The average molecular weight is 298 g/mol. The molecule has 3 nitrogen and oxygen atoms in total. The van der Waals surface area contributed by atoms with Gasteiger partial charge in [-0.2, -0.15) is 0 Å². The van der Waals surface area contributed by atoms with E-state index < -0.39 is 0 Å². The topological polar surface area (TPSA) is 32.5 Å². The van der Waals surface area contributed by atoms with E-state index in [1.165, 1.54) is 0 Å². The van der Waals surface area contributed by atoms with Crippen molar-refractivity contribution in [1.82, 2.24) is 4.90 Å². The Kier molecular flexibility index (Phi) is 4.66. The van der Waals surface area contributed by atoms with Gasteiger partial charge in [-0.15, -0.1) is 0 Å². The summed E-state index contributed by atoms with van der Waals surface area (Å²) in [4.78, 5) is 5.22. The Morgan fingerprint density at radius 1 is 1.26 bits per heavy atom. The first-order valence-electron chi connectivity index (χ1n) is 6.57. The van der Waals surface area contributed by atoms with Crippen molar-refractivity contribution in [2.75, 3.05) is 31.1 Å². The average Bonchev–Trinajstić information content (AvgIpc) is 2.38. The van der Waals surface area contributed by atoms with Gasteiger partial charge in [0.25, 0.3) is 0 Å². The highest BCUT2D eigenvalue weighted by molar-refractivity contribution is 7.80. The first-order valence-corrected chi connectivity index (χ1v) is 7.36. The predicted octanol–water partition coefficient (Wildman–Crippen LogP) is 2.50. The van der Waals surface area contributed by atoms with Gasteiger partial charge in [0.15, 0.2) is 0 Å². The molecule has 0 aliphatic carbocycles. The number of benzene rings is 1. The van der Waals surface area contributed by atoms with Crippen molar-refractivity contribution in [1.29, 1.82) is 0 Å². The van der Waals surface area contributed by atoms with Crippen LogP contribution in [0.4, 0.5) is 5.69 Å². The number of anilines is 1. The van der Waals surface area contributed by atoms with Crippen molar-refractivity contribution < 1.29 is 0 Å². The second-order valence-electron chi connectivity index (χ2n) is 5.14. The molecule has 0 atom stereocenters. The molecule has 1 aliphatic heterocycles. The summed E-state index contributed by atoms with van der Waals surface area (Å²) in [5.41, 5.74) is 7.77. The summed E-state index contributed by atoms with van der Waals surface area (Å²) >= 11 is 11.1. The van der Waals surface area contributed by atoms with Crippen LogP contribution < -0.4 is 10.6 Å². The molecule has 2 rings (SSSR count). The Morgan fingerprint density at radius 2 is 1.89 bits per heavy atom. The Bertz CT molecular complexity index is 468. The van der Waals surface area contributed by atoms with E-state index in [4.69, 9.17) is 29.6 Å². The number of halogens is 1. The van der Waals surface area contributed by atoms with Crippen LogP contribution in [-0.4, -0.2) is 42.1 Å². The van der Waals surface area contributed by atoms with Gasteiger partial charge in [0.1, 0.15) is 4.99 Å². The molecule has 1 heterocycles. The number of hydrogen-bond acceptors (Lipinski definition) is 3. The van der Waals surface area contributed by atoms with E-state index in [1.54, 1.807) is 0 Å². The van der Waals surface area contributed by atoms with Gasteiger partial charge in [-0.3, -0.25) is 4.90 Å². The quantitative estimate of drug-likeness (QED) is 0.869. The standard InChI is InChI=1S/C14H20ClN3S/c1-10(2)17-5-7-18(8-6-17)13-4-3-11(15)9-12(13)14(16)19/h3-4,9-10H,5-8H2,1-2H3,(H2,16,19). The van der Waals surface area contributed by atoms with Crippen LogP contribution in [0, 0.1) is 0 Å². The second kappa shape index (κ2) is 6.07.